The summed E-state index contributed by atoms with van der Waals surface area (Å²) in [5, 5.41) is 12.5. The second-order valence-corrected chi connectivity index (χ2v) is 5.09. The maximum absolute atomic E-state index is 9.66. The molecular formula is C14H19N5O. The number of aliphatic hydroxyl groups is 1. The molecule has 0 radical (unpaired) electrons. The van der Waals surface area contributed by atoms with Crippen LogP contribution in [0.1, 0.15) is 12.8 Å². The van der Waals surface area contributed by atoms with Crippen molar-refractivity contribution in [2.45, 2.75) is 19.1 Å². The molecule has 2 aliphatic rings. The first-order chi connectivity index (χ1) is 9.74. The van der Waals surface area contributed by atoms with Gasteiger partial charge in [0.25, 0.3) is 0 Å². The number of hydrogen-bond acceptors (Lipinski definition) is 6. The van der Waals surface area contributed by atoms with Gasteiger partial charge in [0.2, 0.25) is 0 Å². The molecule has 106 valence electrons. The van der Waals surface area contributed by atoms with Gasteiger partial charge in [-0.05, 0) is 25.0 Å². The molecule has 1 aromatic rings. The van der Waals surface area contributed by atoms with Crippen molar-refractivity contribution in [3.05, 3.63) is 29.6 Å². The van der Waals surface area contributed by atoms with Gasteiger partial charge >= 0.3 is 0 Å². The molecule has 0 saturated carbocycles. The maximum atomic E-state index is 9.66. The Bertz CT molecular complexity index is 531. The molecule has 6 nitrogen and oxygen atoms in total. The lowest BCUT2D eigenvalue weighted by molar-refractivity contribution is 0.194. The van der Waals surface area contributed by atoms with Crippen LogP contribution >= 0.6 is 0 Å². The highest BCUT2D eigenvalue weighted by molar-refractivity contribution is 5.83. The highest BCUT2D eigenvalue weighted by atomic mass is 16.3. The fourth-order valence-corrected chi connectivity index (χ4v) is 2.48. The average Bonchev–Trinajstić information content (AvgIpc) is 3.09. The van der Waals surface area contributed by atoms with Gasteiger partial charge in [-0.1, -0.05) is 0 Å². The summed E-state index contributed by atoms with van der Waals surface area (Å²) >= 11 is 0. The first kappa shape index (κ1) is 13.1. The van der Waals surface area contributed by atoms with Gasteiger partial charge in [-0.15, -0.1) is 0 Å². The highest BCUT2D eigenvalue weighted by Crippen LogP contribution is 2.20. The van der Waals surface area contributed by atoms with Crippen molar-refractivity contribution in [1.82, 2.24) is 10.3 Å². The van der Waals surface area contributed by atoms with Crippen LogP contribution in [0.5, 0.6) is 0 Å². The quantitative estimate of drug-likeness (QED) is 0.699. The highest BCUT2D eigenvalue weighted by Gasteiger charge is 2.19. The molecule has 20 heavy (non-hydrogen) atoms. The van der Waals surface area contributed by atoms with Gasteiger partial charge in [-0.3, -0.25) is 10.3 Å². The number of nitrogens with two attached hydrogens (primary N) is 1. The fraction of sp³-hybridized carbons (Fsp3) is 0.429. The van der Waals surface area contributed by atoms with Gasteiger partial charge in [0.15, 0.2) is 0 Å². The minimum Gasteiger partial charge on any atom is -0.401 e. The van der Waals surface area contributed by atoms with E-state index < -0.39 is 6.23 Å². The molecule has 6 heteroatoms. The third-order valence-electron chi connectivity index (χ3n) is 3.67. The second kappa shape index (κ2) is 5.60. The zero-order valence-corrected chi connectivity index (χ0v) is 11.3. The van der Waals surface area contributed by atoms with Crippen LogP contribution < -0.4 is 16.0 Å². The number of rotatable bonds is 3. The van der Waals surface area contributed by atoms with Gasteiger partial charge in [0.05, 0.1) is 11.9 Å². The Balaban J connectivity index is 1.70. The number of anilines is 1. The summed E-state index contributed by atoms with van der Waals surface area (Å²) < 4.78 is 0. The van der Waals surface area contributed by atoms with E-state index in [1.807, 2.05) is 12.1 Å². The Hall–Kier alpha value is -1.92. The zero-order chi connectivity index (χ0) is 13.9. The lowest BCUT2D eigenvalue weighted by Gasteiger charge is -2.15. The normalized spacial score (nSPS) is 23.2. The molecule has 0 amide bonds. The molecule has 1 fully saturated rings. The third-order valence-corrected chi connectivity index (χ3v) is 3.67. The Morgan fingerprint density at radius 1 is 1.40 bits per heavy atom. The lowest BCUT2D eigenvalue weighted by atomic mass is 10.2. The van der Waals surface area contributed by atoms with E-state index in [0.717, 1.165) is 24.6 Å². The molecule has 4 N–H and O–H groups in total. The summed E-state index contributed by atoms with van der Waals surface area (Å²) in [6, 6.07) is 3.92. The first-order valence-corrected chi connectivity index (χ1v) is 6.89. The summed E-state index contributed by atoms with van der Waals surface area (Å²) in [4.78, 5) is 11.0. The molecular weight excluding hydrogens is 254 g/mol. The fourth-order valence-electron chi connectivity index (χ4n) is 2.48. The Morgan fingerprint density at radius 2 is 2.20 bits per heavy atom. The monoisotopic (exact) mass is 273 g/mol. The molecule has 1 aromatic heterocycles. The Morgan fingerprint density at radius 3 is 2.80 bits per heavy atom. The van der Waals surface area contributed by atoms with E-state index >= 15 is 0 Å². The molecule has 1 atom stereocenters. The topological polar surface area (TPSA) is 86.8 Å². The van der Waals surface area contributed by atoms with E-state index in [9.17, 15) is 5.11 Å². The molecule has 2 aliphatic heterocycles. The van der Waals surface area contributed by atoms with Gasteiger partial charge in [-0.2, -0.15) is 0 Å². The van der Waals surface area contributed by atoms with Crippen molar-refractivity contribution >= 4 is 17.7 Å². The largest absolute Gasteiger partial charge is 0.401 e. The number of hydrogen-bond donors (Lipinski definition) is 3. The van der Waals surface area contributed by atoms with Crippen LogP contribution in [0.4, 0.5) is 11.5 Å². The van der Waals surface area contributed by atoms with Crippen molar-refractivity contribution in [3.63, 3.8) is 0 Å². The van der Waals surface area contributed by atoms with E-state index in [1.54, 1.807) is 12.4 Å². The summed E-state index contributed by atoms with van der Waals surface area (Å²) in [6.45, 7) is 2.66. The minimum atomic E-state index is -0.726. The van der Waals surface area contributed by atoms with Gasteiger partial charge in [0.1, 0.15) is 12.0 Å². The first-order valence-electron chi connectivity index (χ1n) is 6.89. The van der Waals surface area contributed by atoms with Crippen LogP contribution in [0.2, 0.25) is 0 Å². The van der Waals surface area contributed by atoms with Crippen molar-refractivity contribution in [2.75, 3.05) is 24.5 Å². The van der Waals surface area contributed by atoms with Crippen LogP contribution in [-0.4, -0.2) is 42.2 Å². The van der Waals surface area contributed by atoms with Crippen molar-refractivity contribution < 1.29 is 5.11 Å². The maximum Gasteiger partial charge on any atom is 0.134 e. The van der Waals surface area contributed by atoms with E-state index in [-0.39, 0.29) is 0 Å². The second-order valence-electron chi connectivity index (χ2n) is 5.09. The van der Waals surface area contributed by atoms with Crippen LogP contribution in [-0.2, 0) is 0 Å². The van der Waals surface area contributed by atoms with Crippen molar-refractivity contribution in [1.29, 1.82) is 0 Å². The van der Waals surface area contributed by atoms with E-state index in [1.165, 1.54) is 12.8 Å². The van der Waals surface area contributed by atoms with Crippen molar-refractivity contribution in [2.24, 2.45) is 10.7 Å². The molecule has 3 rings (SSSR count). The number of nitrogens with zero attached hydrogens (tertiary/aromatic N) is 3. The predicted octanol–water partition coefficient (Wildman–Crippen LogP) is 0.518. The summed E-state index contributed by atoms with van der Waals surface area (Å²) in [7, 11) is 0. The summed E-state index contributed by atoms with van der Waals surface area (Å²) in [6.07, 6.45) is 5.10. The van der Waals surface area contributed by atoms with E-state index in [4.69, 9.17) is 5.73 Å². The van der Waals surface area contributed by atoms with Crippen LogP contribution in [0.25, 0.3) is 0 Å². The molecule has 0 bridgehead atoms. The number of aliphatic imine (C=N–C) groups is 1. The van der Waals surface area contributed by atoms with Gasteiger partial charge < -0.3 is 15.7 Å². The molecule has 0 spiro atoms. The van der Waals surface area contributed by atoms with Crippen LogP contribution in [0.15, 0.2) is 34.6 Å². The zero-order valence-electron chi connectivity index (χ0n) is 11.3. The molecule has 3 heterocycles. The summed E-state index contributed by atoms with van der Waals surface area (Å²) in [5.74, 6) is 1.00. The van der Waals surface area contributed by atoms with Gasteiger partial charge in [0, 0.05) is 37.1 Å². The van der Waals surface area contributed by atoms with Gasteiger partial charge in [-0.25, -0.2) is 4.98 Å². The molecule has 1 saturated heterocycles. The number of aromatic nitrogens is 1. The molecule has 1 unspecified atom stereocenters. The standard InChI is InChI=1S/C14H19N5O/c15-12-9-18-14(20)11(12)8-16-10-3-4-13(17-7-10)19-5-1-2-6-19/h3-4,7-8,14,18,20H,1-2,5-6,9,15H2. The smallest absolute Gasteiger partial charge is 0.134 e. The van der Waals surface area contributed by atoms with E-state index in [0.29, 0.717) is 17.8 Å². The van der Waals surface area contributed by atoms with E-state index in [2.05, 4.69) is 20.2 Å². The minimum absolute atomic E-state index is 0.495. The van der Waals surface area contributed by atoms with Crippen molar-refractivity contribution in [3.8, 4) is 0 Å². The lowest BCUT2D eigenvalue weighted by Crippen LogP contribution is -2.24. The Kier molecular flexibility index (Phi) is 3.66. The van der Waals surface area contributed by atoms with Crippen LogP contribution in [0.3, 0.4) is 0 Å². The number of aliphatic hydroxyl groups excluding tert-OH is 1. The molecule has 0 aliphatic carbocycles. The Labute approximate surface area is 118 Å². The average molecular weight is 273 g/mol. The summed E-state index contributed by atoms with van der Waals surface area (Å²) in [5.41, 5.74) is 7.80. The number of pyridine rings is 1. The molecule has 0 aromatic carbocycles. The SMILES string of the molecule is NC1=C(C=Nc2ccc(N3CCCC3)nc2)C(O)NC1. The third kappa shape index (κ3) is 2.66. The number of nitrogens with one attached hydrogen (secondary N) is 1. The van der Waals surface area contributed by atoms with Crippen LogP contribution in [0, 0.1) is 0 Å². The predicted molar refractivity (Wildman–Crippen MR) is 79.1 cm³/mol.